The average Bonchev–Trinajstić information content (AvgIpc) is 3.27. The van der Waals surface area contributed by atoms with E-state index in [4.69, 9.17) is 0 Å². The largest absolute Gasteiger partial charge is 0.352 e. The van der Waals surface area contributed by atoms with Crippen molar-refractivity contribution in [3.8, 4) is 17.1 Å². The maximum absolute atomic E-state index is 4.44. The maximum Gasteiger partial charge on any atom is 0.114 e. The third-order valence-electron chi connectivity index (χ3n) is 5.03. The molecule has 0 saturated heterocycles. The Labute approximate surface area is 179 Å². The zero-order valence-corrected chi connectivity index (χ0v) is 19.2. The van der Waals surface area contributed by atoms with E-state index in [9.17, 15) is 0 Å². The summed E-state index contributed by atoms with van der Waals surface area (Å²) in [5, 5.41) is 8.67. The van der Waals surface area contributed by atoms with E-state index in [1.54, 1.807) is 0 Å². The van der Waals surface area contributed by atoms with Crippen molar-refractivity contribution in [2.45, 2.75) is 39.5 Å². The Morgan fingerprint density at radius 1 is 1.00 bits per heavy atom. The van der Waals surface area contributed by atoms with E-state index in [1.807, 2.05) is 30.3 Å². The zero-order chi connectivity index (χ0) is 19.1. The quantitative estimate of drug-likeness (QED) is 0.341. The van der Waals surface area contributed by atoms with Crippen LogP contribution in [0.5, 0.6) is 0 Å². The average molecular weight is 551 g/mol. The van der Waals surface area contributed by atoms with Crippen molar-refractivity contribution in [2.24, 2.45) is 7.05 Å². The van der Waals surface area contributed by atoms with Crippen molar-refractivity contribution in [3.05, 3.63) is 60.2 Å². The first kappa shape index (κ1) is 20.4. The second-order valence-corrected chi connectivity index (χ2v) is 7.59. The van der Waals surface area contributed by atoms with Crippen LogP contribution in [0, 0.1) is 6.07 Å². The molecule has 0 aliphatic carbocycles. The predicted octanol–water partition coefficient (Wildman–Crippen LogP) is 4.87. The van der Waals surface area contributed by atoms with Crippen LogP contribution in [0.4, 0.5) is 0 Å². The molecule has 2 heterocycles. The number of para-hydroxylation sites is 1. The summed E-state index contributed by atoms with van der Waals surface area (Å²) in [6, 6.07) is 13.9. The molecule has 0 unspecified atom stereocenters. The van der Waals surface area contributed by atoms with E-state index in [0.717, 1.165) is 22.4 Å². The van der Waals surface area contributed by atoms with Crippen molar-refractivity contribution in [2.75, 3.05) is 0 Å². The van der Waals surface area contributed by atoms with E-state index in [-0.39, 0.29) is 20.1 Å². The molecule has 0 saturated carbocycles. The number of nitrogens with zero attached hydrogens (tertiary/aromatic N) is 5. The molecule has 2 aromatic heterocycles. The van der Waals surface area contributed by atoms with Gasteiger partial charge in [0, 0.05) is 38.4 Å². The number of hydrogen-bond donors (Lipinski definition) is 0. The fraction of sp³-hybridized carbons (Fsp3) is 0.318. The predicted molar refractivity (Wildman–Crippen MR) is 108 cm³/mol. The molecule has 0 amide bonds. The minimum atomic E-state index is 0. The van der Waals surface area contributed by atoms with E-state index < -0.39 is 0 Å². The molecule has 0 aliphatic heterocycles. The molecule has 147 valence electrons. The molecule has 28 heavy (non-hydrogen) atoms. The number of aryl methyl sites for hydroxylation is 1. The van der Waals surface area contributed by atoms with Gasteiger partial charge in [0.1, 0.15) is 6.33 Å². The van der Waals surface area contributed by atoms with Gasteiger partial charge in [-0.3, -0.25) is 4.98 Å². The first-order valence-corrected chi connectivity index (χ1v) is 9.33. The first-order valence-electron chi connectivity index (χ1n) is 9.33. The summed E-state index contributed by atoms with van der Waals surface area (Å²) in [5.74, 6) is 1.60. The summed E-state index contributed by atoms with van der Waals surface area (Å²) in [5.41, 5.74) is 6.67. The van der Waals surface area contributed by atoms with E-state index >= 15 is 0 Å². The molecule has 4 rings (SSSR count). The van der Waals surface area contributed by atoms with Crippen molar-refractivity contribution < 1.29 is 20.1 Å². The van der Waals surface area contributed by atoms with Gasteiger partial charge < -0.3 is 9.13 Å². The van der Waals surface area contributed by atoms with Gasteiger partial charge in [-0.25, -0.2) is 0 Å². The molecule has 2 aromatic carbocycles. The first-order chi connectivity index (χ1) is 13.0. The van der Waals surface area contributed by atoms with Gasteiger partial charge in [-0.1, -0.05) is 45.9 Å². The fourth-order valence-corrected chi connectivity index (χ4v) is 3.57. The van der Waals surface area contributed by atoms with Crippen molar-refractivity contribution in [1.82, 2.24) is 24.3 Å². The van der Waals surface area contributed by atoms with Gasteiger partial charge in [-0.2, -0.15) is 5.10 Å². The summed E-state index contributed by atoms with van der Waals surface area (Å²) in [7, 11) is 1.99. The minimum absolute atomic E-state index is 0. The minimum Gasteiger partial charge on any atom is -0.352 e. The SMILES string of the molecule is CC(C)c1cccc(C(C)C)c1-n1cnnc1-c1[c-]cc2ncn(C)c2c1.[Ir]. The number of rotatable bonds is 4. The Morgan fingerprint density at radius 2 is 1.68 bits per heavy atom. The second kappa shape index (κ2) is 7.98. The summed E-state index contributed by atoms with van der Waals surface area (Å²) >= 11 is 0. The summed E-state index contributed by atoms with van der Waals surface area (Å²) in [4.78, 5) is 4.38. The van der Waals surface area contributed by atoms with Crippen LogP contribution in [0.1, 0.15) is 50.7 Å². The van der Waals surface area contributed by atoms with Crippen LogP contribution in [0.15, 0.2) is 43.0 Å². The van der Waals surface area contributed by atoms with Gasteiger partial charge in [-0.15, -0.1) is 28.9 Å². The molecule has 0 atom stereocenters. The normalized spacial score (nSPS) is 11.4. The number of fused-ring (bicyclic) bond motifs is 1. The molecule has 5 nitrogen and oxygen atoms in total. The molecular weight excluding hydrogens is 526 g/mol. The van der Waals surface area contributed by atoms with E-state index in [2.05, 4.69) is 77.8 Å². The number of hydrogen-bond acceptors (Lipinski definition) is 3. The standard InChI is InChI=1S/C22H24N5.Ir/c1-14(2)17-7-6-8-18(15(3)4)21(17)27-13-24-25-22(27)16-9-10-19-20(11-16)26(5)12-23-19;/h6-8,10-15H,1-5H3;/q-1;. The Kier molecular flexibility index (Phi) is 5.82. The van der Waals surface area contributed by atoms with Crippen LogP contribution in [0.2, 0.25) is 0 Å². The summed E-state index contributed by atoms with van der Waals surface area (Å²) in [6.07, 6.45) is 3.63. The monoisotopic (exact) mass is 551 g/mol. The van der Waals surface area contributed by atoms with Crippen molar-refractivity contribution in [1.29, 1.82) is 0 Å². The van der Waals surface area contributed by atoms with E-state index in [1.165, 1.54) is 16.8 Å². The zero-order valence-electron chi connectivity index (χ0n) is 16.8. The molecule has 0 fully saturated rings. The Hall–Kier alpha value is -2.30. The van der Waals surface area contributed by atoms with Gasteiger partial charge in [0.25, 0.3) is 0 Å². The second-order valence-electron chi connectivity index (χ2n) is 7.59. The van der Waals surface area contributed by atoms with Gasteiger partial charge in [-0.05, 0) is 28.5 Å². The van der Waals surface area contributed by atoms with E-state index in [0.29, 0.717) is 11.8 Å². The molecule has 0 spiro atoms. The topological polar surface area (TPSA) is 48.5 Å². The molecule has 4 aromatic rings. The van der Waals surface area contributed by atoms with Crippen molar-refractivity contribution in [3.63, 3.8) is 0 Å². The van der Waals surface area contributed by atoms with Gasteiger partial charge >= 0.3 is 0 Å². The van der Waals surface area contributed by atoms with Crippen LogP contribution in [0.25, 0.3) is 28.1 Å². The third kappa shape index (κ3) is 3.43. The van der Waals surface area contributed by atoms with Crippen LogP contribution in [-0.4, -0.2) is 24.3 Å². The van der Waals surface area contributed by atoms with Crippen LogP contribution >= 0.6 is 0 Å². The number of aromatic nitrogens is 5. The molecule has 0 N–H and O–H groups in total. The Balaban J connectivity index is 0.00000225. The molecule has 0 bridgehead atoms. The molecular formula is C22H24IrN5-. The Morgan fingerprint density at radius 3 is 2.32 bits per heavy atom. The summed E-state index contributed by atoms with van der Waals surface area (Å²) < 4.78 is 4.12. The number of imidazole rings is 1. The fourth-order valence-electron chi connectivity index (χ4n) is 3.57. The van der Waals surface area contributed by atoms with Crippen LogP contribution in [-0.2, 0) is 27.2 Å². The van der Waals surface area contributed by atoms with Gasteiger partial charge in [0.15, 0.2) is 0 Å². The molecule has 0 aliphatic rings. The molecule has 1 radical (unpaired) electrons. The van der Waals surface area contributed by atoms with Gasteiger partial charge in [0.2, 0.25) is 0 Å². The van der Waals surface area contributed by atoms with Crippen LogP contribution < -0.4 is 0 Å². The Bertz CT molecular complexity index is 1080. The van der Waals surface area contributed by atoms with Crippen molar-refractivity contribution >= 4 is 11.0 Å². The number of benzene rings is 2. The third-order valence-corrected chi connectivity index (χ3v) is 5.03. The maximum atomic E-state index is 4.44. The smallest absolute Gasteiger partial charge is 0.114 e. The summed E-state index contributed by atoms with van der Waals surface area (Å²) in [6.45, 7) is 8.89. The molecule has 6 heteroatoms. The van der Waals surface area contributed by atoms with Crippen LogP contribution in [0.3, 0.4) is 0 Å². The van der Waals surface area contributed by atoms with Gasteiger partial charge in [0.05, 0.1) is 12.2 Å².